The van der Waals surface area contributed by atoms with Crippen LogP contribution in [0.2, 0.25) is 0 Å². The van der Waals surface area contributed by atoms with Crippen molar-refractivity contribution in [2.45, 2.75) is 25.0 Å². The third kappa shape index (κ3) is 2.36. The van der Waals surface area contributed by atoms with Gasteiger partial charge in [-0.2, -0.15) is 5.26 Å². The lowest BCUT2D eigenvalue weighted by Gasteiger charge is -1.99. The number of nitrogens with zero attached hydrogens (tertiary/aromatic N) is 3. The number of aromatic nitrogens is 3. The molecule has 0 saturated carbocycles. The molecule has 0 radical (unpaired) electrons. The first-order valence-corrected chi connectivity index (χ1v) is 4.93. The van der Waals surface area contributed by atoms with Gasteiger partial charge in [0, 0.05) is 6.54 Å². The van der Waals surface area contributed by atoms with E-state index >= 15 is 0 Å². The third-order valence-corrected chi connectivity index (χ3v) is 2.28. The van der Waals surface area contributed by atoms with Crippen LogP contribution in [0.1, 0.15) is 13.3 Å². The molecule has 0 saturated heterocycles. The summed E-state index contributed by atoms with van der Waals surface area (Å²) < 4.78 is 1.54. The van der Waals surface area contributed by atoms with E-state index < -0.39 is 0 Å². The number of thioether (sulfide) groups is 1. The molecule has 1 aromatic heterocycles. The SMILES string of the molecule is CCCn1c(SCC#N)n[nH]c1=O. The Morgan fingerprint density at radius 3 is 3.15 bits per heavy atom. The largest absolute Gasteiger partial charge is 0.343 e. The highest BCUT2D eigenvalue weighted by atomic mass is 32.2. The van der Waals surface area contributed by atoms with Crippen molar-refractivity contribution in [1.82, 2.24) is 14.8 Å². The lowest BCUT2D eigenvalue weighted by Crippen LogP contribution is -2.17. The second-order valence-corrected chi connectivity index (χ2v) is 3.35. The van der Waals surface area contributed by atoms with Crippen molar-refractivity contribution in [2.24, 2.45) is 0 Å². The van der Waals surface area contributed by atoms with Gasteiger partial charge in [0.15, 0.2) is 5.16 Å². The number of H-pyrrole nitrogens is 1. The summed E-state index contributed by atoms with van der Waals surface area (Å²) in [6, 6.07) is 1.99. The first-order chi connectivity index (χ1) is 6.29. The molecule has 0 unspecified atom stereocenters. The van der Waals surface area contributed by atoms with Crippen molar-refractivity contribution in [1.29, 1.82) is 5.26 Å². The first-order valence-electron chi connectivity index (χ1n) is 3.94. The van der Waals surface area contributed by atoms with Crippen molar-refractivity contribution in [3.05, 3.63) is 10.5 Å². The molecular weight excluding hydrogens is 188 g/mol. The van der Waals surface area contributed by atoms with Crippen LogP contribution in [0.3, 0.4) is 0 Å². The average Bonchev–Trinajstić information content (AvgIpc) is 2.46. The maximum atomic E-state index is 11.1. The standard InChI is InChI=1S/C7H10N4OS/c1-2-4-11-6(12)9-10-7(11)13-5-3-8/h2,4-5H2,1H3,(H,9,12). The fraction of sp³-hybridized carbons (Fsp3) is 0.571. The Bertz CT molecular complexity index is 361. The number of nitriles is 1. The van der Waals surface area contributed by atoms with Crippen molar-refractivity contribution in [3.63, 3.8) is 0 Å². The highest BCUT2D eigenvalue weighted by molar-refractivity contribution is 7.99. The zero-order valence-electron chi connectivity index (χ0n) is 7.28. The predicted molar refractivity (Wildman–Crippen MR) is 49.5 cm³/mol. The predicted octanol–water partition coefficient (Wildman–Crippen LogP) is 0.597. The van der Waals surface area contributed by atoms with Gasteiger partial charge in [0.25, 0.3) is 0 Å². The van der Waals surface area contributed by atoms with E-state index in [-0.39, 0.29) is 5.69 Å². The maximum absolute atomic E-state index is 11.1. The Hall–Kier alpha value is -1.22. The Balaban J connectivity index is 2.82. The molecule has 0 aromatic carbocycles. The van der Waals surface area contributed by atoms with Crippen molar-refractivity contribution < 1.29 is 0 Å². The Morgan fingerprint density at radius 1 is 1.77 bits per heavy atom. The van der Waals surface area contributed by atoms with Gasteiger partial charge in [-0.1, -0.05) is 18.7 Å². The van der Waals surface area contributed by atoms with Crippen LogP contribution < -0.4 is 5.69 Å². The molecule has 70 valence electrons. The van der Waals surface area contributed by atoms with E-state index in [4.69, 9.17) is 5.26 Å². The van der Waals surface area contributed by atoms with E-state index in [9.17, 15) is 4.79 Å². The lowest BCUT2D eigenvalue weighted by molar-refractivity contribution is 0.604. The van der Waals surface area contributed by atoms with E-state index in [1.165, 1.54) is 11.8 Å². The summed E-state index contributed by atoms with van der Waals surface area (Å²) in [4.78, 5) is 11.1. The van der Waals surface area contributed by atoms with Crippen LogP contribution in [0.4, 0.5) is 0 Å². The number of hydrogen-bond acceptors (Lipinski definition) is 4. The first kappa shape index (κ1) is 9.86. The highest BCUT2D eigenvalue weighted by Crippen LogP contribution is 2.11. The Morgan fingerprint density at radius 2 is 2.54 bits per heavy atom. The average molecular weight is 198 g/mol. The van der Waals surface area contributed by atoms with E-state index in [2.05, 4.69) is 10.2 Å². The molecule has 0 fully saturated rings. The number of hydrogen-bond donors (Lipinski definition) is 1. The van der Waals surface area contributed by atoms with Gasteiger partial charge in [0.05, 0.1) is 11.8 Å². The lowest BCUT2D eigenvalue weighted by atomic mass is 10.5. The Labute approximate surface area is 79.8 Å². The monoisotopic (exact) mass is 198 g/mol. The second-order valence-electron chi connectivity index (χ2n) is 2.41. The summed E-state index contributed by atoms with van der Waals surface area (Å²) in [5, 5.41) is 15.1. The zero-order chi connectivity index (χ0) is 9.68. The summed E-state index contributed by atoms with van der Waals surface area (Å²) in [6.45, 7) is 2.63. The molecule has 6 heteroatoms. The molecule has 0 aliphatic heterocycles. The zero-order valence-corrected chi connectivity index (χ0v) is 8.10. The van der Waals surface area contributed by atoms with E-state index in [1.807, 2.05) is 13.0 Å². The second kappa shape index (κ2) is 4.72. The van der Waals surface area contributed by atoms with Crippen molar-refractivity contribution in [3.8, 4) is 6.07 Å². The fourth-order valence-electron chi connectivity index (χ4n) is 0.931. The number of rotatable bonds is 4. The molecule has 1 rings (SSSR count). The molecular formula is C7H10N4OS. The van der Waals surface area contributed by atoms with Gasteiger partial charge in [-0.05, 0) is 6.42 Å². The van der Waals surface area contributed by atoms with E-state index in [1.54, 1.807) is 4.57 Å². The van der Waals surface area contributed by atoms with Gasteiger partial charge in [-0.25, -0.2) is 9.89 Å². The normalized spacial score (nSPS) is 9.85. The van der Waals surface area contributed by atoms with Gasteiger partial charge < -0.3 is 0 Å². The van der Waals surface area contributed by atoms with Gasteiger partial charge in [0.2, 0.25) is 0 Å². The summed E-state index contributed by atoms with van der Waals surface area (Å²) >= 11 is 1.27. The minimum absolute atomic E-state index is 0.206. The quantitative estimate of drug-likeness (QED) is 0.719. The van der Waals surface area contributed by atoms with Crippen LogP contribution in [0.15, 0.2) is 9.95 Å². The third-order valence-electron chi connectivity index (χ3n) is 1.44. The smallest absolute Gasteiger partial charge is 0.270 e. The van der Waals surface area contributed by atoms with Crippen LogP contribution in [-0.4, -0.2) is 20.5 Å². The molecule has 0 aliphatic rings. The van der Waals surface area contributed by atoms with Gasteiger partial charge in [-0.15, -0.1) is 5.10 Å². The minimum atomic E-state index is -0.206. The summed E-state index contributed by atoms with van der Waals surface area (Å²) in [5.74, 6) is 0.313. The molecule has 1 N–H and O–H groups in total. The molecule has 0 atom stereocenters. The molecule has 1 heterocycles. The molecule has 0 aliphatic carbocycles. The van der Waals surface area contributed by atoms with E-state index in [0.717, 1.165) is 6.42 Å². The van der Waals surface area contributed by atoms with Gasteiger partial charge in [0.1, 0.15) is 0 Å². The van der Waals surface area contributed by atoms with Crippen LogP contribution in [0.5, 0.6) is 0 Å². The molecule has 0 amide bonds. The molecule has 0 bridgehead atoms. The molecule has 1 aromatic rings. The van der Waals surface area contributed by atoms with Crippen molar-refractivity contribution in [2.75, 3.05) is 5.75 Å². The van der Waals surface area contributed by atoms with Crippen LogP contribution in [0, 0.1) is 11.3 Å². The topological polar surface area (TPSA) is 74.5 Å². The summed E-state index contributed by atoms with van der Waals surface area (Å²) in [7, 11) is 0. The Kier molecular flexibility index (Phi) is 3.58. The summed E-state index contributed by atoms with van der Waals surface area (Å²) in [5.41, 5.74) is -0.206. The maximum Gasteiger partial charge on any atom is 0.343 e. The van der Waals surface area contributed by atoms with Crippen LogP contribution in [-0.2, 0) is 6.54 Å². The number of aromatic amines is 1. The minimum Gasteiger partial charge on any atom is -0.270 e. The van der Waals surface area contributed by atoms with Crippen molar-refractivity contribution >= 4 is 11.8 Å². The van der Waals surface area contributed by atoms with Gasteiger partial charge >= 0.3 is 5.69 Å². The van der Waals surface area contributed by atoms with Crippen LogP contribution >= 0.6 is 11.8 Å². The van der Waals surface area contributed by atoms with Crippen LogP contribution in [0.25, 0.3) is 0 Å². The van der Waals surface area contributed by atoms with Gasteiger partial charge in [-0.3, -0.25) is 4.57 Å². The molecule has 13 heavy (non-hydrogen) atoms. The van der Waals surface area contributed by atoms with E-state index in [0.29, 0.717) is 17.5 Å². The number of nitrogens with one attached hydrogen (secondary N) is 1. The molecule has 0 spiro atoms. The molecule has 5 nitrogen and oxygen atoms in total. The fourth-order valence-corrected chi connectivity index (χ4v) is 1.56. The highest BCUT2D eigenvalue weighted by Gasteiger charge is 2.06. The summed E-state index contributed by atoms with van der Waals surface area (Å²) in [6.07, 6.45) is 0.875.